The number of thiazole rings is 1. The molecule has 4 bridgehead atoms. The quantitative estimate of drug-likeness (QED) is 0.817. The summed E-state index contributed by atoms with van der Waals surface area (Å²) in [4.78, 5) is 19.1. The normalized spacial score (nSPS) is 32.8. The second-order valence-corrected chi connectivity index (χ2v) is 9.65. The van der Waals surface area contributed by atoms with Gasteiger partial charge in [0.1, 0.15) is 0 Å². The molecule has 4 aliphatic rings. The number of aryl methyl sites for hydroxylation is 1. The van der Waals surface area contributed by atoms with Crippen molar-refractivity contribution in [3.8, 4) is 11.3 Å². The van der Waals surface area contributed by atoms with Crippen molar-refractivity contribution in [1.29, 1.82) is 0 Å². The van der Waals surface area contributed by atoms with Crippen molar-refractivity contribution in [2.45, 2.75) is 45.4 Å². The average Bonchev–Trinajstić information content (AvgIpc) is 2.95. The van der Waals surface area contributed by atoms with Gasteiger partial charge in [-0.3, -0.25) is 4.79 Å². The van der Waals surface area contributed by atoms with Gasteiger partial charge >= 0.3 is 0 Å². The van der Waals surface area contributed by atoms with E-state index < -0.39 is 0 Å². The highest BCUT2D eigenvalue weighted by Gasteiger charge is 2.54. The third-order valence-corrected chi connectivity index (χ3v) is 7.47. The maximum Gasteiger partial charge on any atom is 0.232 e. The summed E-state index contributed by atoms with van der Waals surface area (Å²) in [5.41, 5.74) is 2.00. The lowest BCUT2D eigenvalue weighted by Crippen LogP contribution is -2.51. The van der Waals surface area contributed by atoms with Gasteiger partial charge in [-0.15, -0.1) is 11.3 Å². The van der Waals surface area contributed by atoms with Crippen LogP contribution in [0.5, 0.6) is 0 Å². The van der Waals surface area contributed by atoms with Gasteiger partial charge in [-0.25, -0.2) is 4.98 Å². The molecule has 4 saturated carbocycles. The van der Waals surface area contributed by atoms with Crippen molar-refractivity contribution in [2.75, 3.05) is 5.32 Å². The molecule has 4 heteroatoms. The number of nitrogens with one attached hydrogen (secondary N) is 1. The first-order valence-corrected chi connectivity index (χ1v) is 10.3. The van der Waals surface area contributed by atoms with Gasteiger partial charge in [0.05, 0.1) is 11.1 Å². The molecule has 1 heterocycles. The highest BCUT2D eigenvalue weighted by Crippen LogP contribution is 2.60. The molecule has 1 amide bonds. The second kappa shape index (κ2) is 5.66. The molecule has 3 nitrogen and oxygen atoms in total. The first-order valence-electron chi connectivity index (χ1n) is 9.46. The van der Waals surface area contributed by atoms with Crippen LogP contribution in [-0.2, 0) is 4.79 Å². The van der Waals surface area contributed by atoms with Crippen molar-refractivity contribution in [3.05, 3.63) is 35.2 Å². The molecule has 0 spiro atoms. The van der Waals surface area contributed by atoms with E-state index in [4.69, 9.17) is 4.98 Å². The predicted octanol–water partition coefficient (Wildman–Crippen LogP) is 5.27. The highest BCUT2D eigenvalue weighted by molar-refractivity contribution is 7.16. The monoisotopic (exact) mass is 352 g/mol. The molecule has 4 fully saturated rings. The summed E-state index contributed by atoms with van der Waals surface area (Å²) in [6.45, 7) is 2.08. The summed E-state index contributed by atoms with van der Waals surface area (Å²) < 4.78 is 0. The molecule has 25 heavy (non-hydrogen) atoms. The number of benzene rings is 1. The lowest BCUT2D eigenvalue weighted by atomic mass is 9.49. The summed E-state index contributed by atoms with van der Waals surface area (Å²) >= 11 is 1.60. The molecule has 1 N–H and O–H groups in total. The number of anilines is 1. The first-order chi connectivity index (χ1) is 12.1. The molecule has 130 valence electrons. The Morgan fingerprint density at radius 3 is 2.28 bits per heavy atom. The number of carbonyl (C=O) groups is 1. The molecule has 0 aliphatic heterocycles. The fraction of sp³-hybridized carbons (Fsp3) is 0.524. The van der Waals surface area contributed by atoms with Gasteiger partial charge < -0.3 is 5.32 Å². The zero-order chi connectivity index (χ0) is 17.0. The molecule has 0 saturated heterocycles. The topological polar surface area (TPSA) is 42.0 Å². The fourth-order valence-electron chi connectivity index (χ4n) is 5.93. The molecule has 6 rings (SSSR count). The summed E-state index contributed by atoms with van der Waals surface area (Å²) in [5, 5.41) is 3.96. The molecule has 2 aromatic rings. The van der Waals surface area contributed by atoms with Crippen molar-refractivity contribution in [2.24, 2.45) is 23.2 Å². The van der Waals surface area contributed by atoms with E-state index in [-0.39, 0.29) is 11.3 Å². The third kappa shape index (κ3) is 2.62. The minimum atomic E-state index is -0.110. The first kappa shape index (κ1) is 15.6. The Kier molecular flexibility index (Phi) is 3.53. The van der Waals surface area contributed by atoms with Gasteiger partial charge in [-0.05, 0) is 63.2 Å². The summed E-state index contributed by atoms with van der Waals surface area (Å²) in [7, 11) is 0. The van der Waals surface area contributed by atoms with Crippen LogP contribution >= 0.6 is 11.3 Å². The van der Waals surface area contributed by atoms with Crippen molar-refractivity contribution < 1.29 is 4.79 Å². The van der Waals surface area contributed by atoms with Gasteiger partial charge in [-0.2, -0.15) is 0 Å². The van der Waals surface area contributed by atoms with Crippen molar-refractivity contribution >= 4 is 22.4 Å². The number of nitrogens with zero attached hydrogens (tertiary/aromatic N) is 1. The van der Waals surface area contributed by atoms with Crippen LogP contribution in [0.25, 0.3) is 11.3 Å². The van der Waals surface area contributed by atoms with E-state index in [1.54, 1.807) is 11.3 Å². The smallest absolute Gasteiger partial charge is 0.232 e. The maximum atomic E-state index is 13.2. The third-order valence-electron chi connectivity index (χ3n) is 6.58. The number of hydrogen-bond donors (Lipinski definition) is 1. The Morgan fingerprint density at radius 2 is 1.68 bits per heavy atom. The van der Waals surface area contributed by atoms with Gasteiger partial charge in [0.25, 0.3) is 0 Å². The Morgan fingerprint density at radius 1 is 1.08 bits per heavy atom. The number of carbonyl (C=O) groups excluding carboxylic acids is 1. The molecular formula is C21H24N2OS. The summed E-state index contributed by atoms with van der Waals surface area (Å²) in [6, 6.07) is 10.2. The van der Waals surface area contributed by atoms with Gasteiger partial charge in [-0.1, -0.05) is 30.3 Å². The molecular weight excluding hydrogens is 328 g/mol. The van der Waals surface area contributed by atoms with Crippen LogP contribution in [0.15, 0.2) is 30.3 Å². The van der Waals surface area contributed by atoms with Crippen molar-refractivity contribution in [1.82, 2.24) is 4.98 Å². The Balaban J connectivity index is 1.38. The van der Waals surface area contributed by atoms with E-state index in [1.165, 1.54) is 19.3 Å². The Labute approximate surface area is 152 Å². The van der Waals surface area contributed by atoms with Gasteiger partial charge in [0, 0.05) is 10.4 Å². The van der Waals surface area contributed by atoms with Crippen LogP contribution in [0.3, 0.4) is 0 Å². The number of aromatic nitrogens is 1. The lowest BCUT2D eigenvalue weighted by Gasteiger charge is -2.55. The van der Waals surface area contributed by atoms with E-state index in [1.807, 2.05) is 18.2 Å². The van der Waals surface area contributed by atoms with E-state index in [0.29, 0.717) is 0 Å². The van der Waals surface area contributed by atoms with E-state index >= 15 is 0 Å². The fourth-order valence-corrected chi connectivity index (χ4v) is 6.76. The number of amides is 1. The SMILES string of the molecule is Cc1sc(NC(=O)C23CC4CC(CC(C4)C2)C3)nc1-c1ccccc1. The van der Waals surface area contributed by atoms with Crippen molar-refractivity contribution in [3.63, 3.8) is 0 Å². The lowest BCUT2D eigenvalue weighted by molar-refractivity contribution is -0.140. The van der Waals surface area contributed by atoms with Crippen LogP contribution in [0, 0.1) is 30.1 Å². The zero-order valence-corrected chi connectivity index (χ0v) is 15.4. The highest BCUT2D eigenvalue weighted by atomic mass is 32.1. The molecule has 1 aromatic carbocycles. The molecule has 0 atom stereocenters. The molecule has 0 radical (unpaired) electrons. The zero-order valence-electron chi connectivity index (χ0n) is 14.6. The maximum absolute atomic E-state index is 13.2. The Hall–Kier alpha value is -1.68. The second-order valence-electron chi connectivity index (χ2n) is 8.44. The van der Waals surface area contributed by atoms with Crippen LogP contribution in [0.2, 0.25) is 0 Å². The Bertz CT molecular complexity index is 775. The van der Waals surface area contributed by atoms with Crippen LogP contribution in [-0.4, -0.2) is 10.9 Å². The number of hydrogen-bond acceptors (Lipinski definition) is 3. The van der Waals surface area contributed by atoms with Crippen LogP contribution in [0.1, 0.15) is 43.4 Å². The summed E-state index contributed by atoms with van der Waals surface area (Å²) in [5.74, 6) is 2.60. The van der Waals surface area contributed by atoms with Crippen LogP contribution in [0.4, 0.5) is 5.13 Å². The minimum absolute atomic E-state index is 0.110. The van der Waals surface area contributed by atoms with E-state index in [2.05, 4.69) is 24.4 Å². The van der Waals surface area contributed by atoms with E-state index in [0.717, 1.165) is 58.3 Å². The minimum Gasteiger partial charge on any atom is -0.301 e. The molecule has 4 aliphatic carbocycles. The largest absolute Gasteiger partial charge is 0.301 e. The van der Waals surface area contributed by atoms with Gasteiger partial charge in [0.15, 0.2) is 5.13 Å². The average molecular weight is 353 g/mol. The van der Waals surface area contributed by atoms with E-state index in [9.17, 15) is 4.79 Å². The predicted molar refractivity (Wildman–Crippen MR) is 102 cm³/mol. The summed E-state index contributed by atoms with van der Waals surface area (Å²) in [6.07, 6.45) is 7.38. The number of rotatable bonds is 3. The van der Waals surface area contributed by atoms with Crippen LogP contribution < -0.4 is 5.32 Å². The molecule has 1 aromatic heterocycles. The standard InChI is InChI=1S/C21H24N2OS/c1-13-18(17-5-3-2-4-6-17)22-20(25-13)23-19(24)21-10-14-7-15(11-21)9-16(8-14)12-21/h2-6,14-16H,7-12H2,1H3,(H,22,23,24). The van der Waals surface area contributed by atoms with Gasteiger partial charge in [0.2, 0.25) is 5.91 Å². The molecule has 0 unspecified atom stereocenters.